The highest BCUT2D eigenvalue weighted by atomic mass is 32.1. The lowest BCUT2D eigenvalue weighted by Crippen LogP contribution is -2.05. The standard InChI is InChI=1S/C28H23N7S/c36-24-19-11-10-18-23(24)34-35-25-26(29-20-12-4-1-5-13-20)32-28(31-22-16-8-3-9-17-22)33-27(25)30-21-14-6-2-7-15-21/h1-19,36H,(H3,29,30,31,32,33). The van der Waals surface area contributed by atoms with Crippen molar-refractivity contribution in [3.8, 4) is 0 Å². The van der Waals surface area contributed by atoms with Crippen LogP contribution in [0, 0.1) is 0 Å². The molecule has 1 heterocycles. The summed E-state index contributed by atoms with van der Waals surface area (Å²) in [5.41, 5.74) is 3.69. The zero-order valence-electron chi connectivity index (χ0n) is 19.2. The quantitative estimate of drug-likeness (QED) is 0.130. The summed E-state index contributed by atoms with van der Waals surface area (Å²) in [6.45, 7) is 0. The Morgan fingerprint density at radius 1 is 0.500 bits per heavy atom. The first kappa shape index (κ1) is 23.1. The molecule has 7 nitrogen and oxygen atoms in total. The fourth-order valence-corrected chi connectivity index (χ4v) is 3.60. The van der Waals surface area contributed by atoms with Gasteiger partial charge in [-0.25, -0.2) is 0 Å². The maximum Gasteiger partial charge on any atom is 0.231 e. The van der Waals surface area contributed by atoms with Crippen LogP contribution in [0.2, 0.25) is 0 Å². The zero-order valence-corrected chi connectivity index (χ0v) is 20.1. The monoisotopic (exact) mass is 489 g/mol. The van der Waals surface area contributed by atoms with E-state index in [1.807, 2.05) is 115 Å². The van der Waals surface area contributed by atoms with Gasteiger partial charge < -0.3 is 16.0 Å². The highest BCUT2D eigenvalue weighted by Crippen LogP contribution is 2.38. The number of anilines is 6. The molecule has 5 aromatic rings. The van der Waals surface area contributed by atoms with Gasteiger partial charge in [0, 0.05) is 22.0 Å². The van der Waals surface area contributed by atoms with Crippen molar-refractivity contribution in [3.05, 3.63) is 115 Å². The fraction of sp³-hybridized carbons (Fsp3) is 0. The van der Waals surface area contributed by atoms with E-state index in [0.717, 1.165) is 22.0 Å². The van der Waals surface area contributed by atoms with Crippen LogP contribution in [0.15, 0.2) is 130 Å². The van der Waals surface area contributed by atoms with Crippen LogP contribution in [0.5, 0.6) is 0 Å². The molecule has 0 unspecified atom stereocenters. The van der Waals surface area contributed by atoms with Gasteiger partial charge in [-0.3, -0.25) is 0 Å². The van der Waals surface area contributed by atoms with E-state index in [1.54, 1.807) is 0 Å². The molecule has 176 valence electrons. The Hall–Kier alpha value is -4.69. The van der Waals surface area contributed by atoms with Crippen LogP contribution < -0.4 is 16.0 Å². The minimum atomic E-state index is 0.409. The number of azo groups is 1. The molecule has 0 atom stereocenters. The summed E-state index contributed by atoms with van der Waals surface area (Å²) in [7, 11) is 0. The number of thiol groups is 1. The number of para-hydroxylation sites is 3. The lowest BCUT2D eigenvalue weighted by atomic mass is 10.3. The van der Waals surface area contributed by atoms with Crippen LogP contribution in [0.25, 0.3) is 0 Å². The van der Waals surface area contributed by atoms with Crippen molar-refractivity contribution < 1.29 is 0 Å². The van der Waals surface area contributed by atoms with E-state index >= 15 is 0 Å². The van der Waals surface area contributed by atoms with E-state index in [0.29, 0.717) is 29.0 Å². The molecular formula is C28H23N7S. The number of hydrogen-bond acceptors (Lipinski definition) is 8. The maximum atomic E-state index is 4.75. The van der Waals surface area contributed by atoms with E-state index in [9.17, 15) is 0 Å². The van der Waals surface area contributed by atoms with E-state index in [1.165, 1.54) is 0 Å². The van der Waals surface area contributed by atoms with Gasteiger partial charge >= 0.3 is 0 Å². The molecular weight excluding hydrogens is 466 g/mol. The van der Waals surface area contributed by atoms with Crippen LogP contribution in [-0.2, 0) is 0 Å². The molecule has 1 aromatic heterocycles. The first-order valence-electron chi connectivity index (χ1n) is 11.3. The molecule has 0 radical (unpaired) electrons. The Morgan fingerprint density at radius 2 is 0.944 bits per heavy atom. The van der Waals surface area contributed by atoms with Crippen molar-refractivity contribution in [3.63, 3.8) is 0 Å². The van der Waals surface area contributed by atoms with Crippen molar-refractivity contribution in [2.24, 2.45) is 10.2 Å². The molecule has 0 saturated heterocycles. The highest BCUT2D eigenvalue weighted by molar-refractivity contribution is 7.80. The molecule has 0 amide bonds. The average Bonchev–Trinajstić information content (AvgIpc) is 2.91. The fourth-order valence-electron chi connectivity index (χ4n) is 3.40. The number of benzene rings is 4. The summed E-state index contributed by atoms with van der Waals surface area (Å²) in [6, 6.07) is 36.8. The molecule has 0 bridgehead atoms. The SMILES string of the molecule is Sc1ccccc1N=Nc1c(Nc2ccccc2)nc(Nc2ccccc2)nc1Nc1ccccc1. The molecule has 0 spiro atoms. The molecule has 8 heteroatoms. The van der Waals surface area contributed by atoms with Crippen LogP contribution >= 0.6 is 12.6 Å². The number of nitrogens with one attached hydrogen (secondary N) is 3. The smallest absolute Gasteiger partial charge is 0.231 e. The summed E-state index contributed by atoms with van der Waals surface area (Å²) in [5, 5.41) is 19.1. The Bertz CT molecular complexity index is 1400. The number of nitrogens with zero attached hydrogens (tertiary/aromatic N) is 4. The van der Waals surface area contributed by atoms with Crippen molar-refractivity contribution in [1.29, 1.82) is 0 Å². The summed E-state index contributed by atoms with van der Waals surface area (Å²) < 4.78 is 0. The van der Waals surface area contributed by atoms with Gasteiger partial charge in [-0.1, -0.05) is 66.7 Å². The average molecular weight is 490 g/mol. The molecule has 0 aliphatic heterocycles. The van der Waals surface area contributed by atoms with Crippen LogP contribution in [-0.4, -0.2) is 9.97 Å². The molecule has 0 aliphatic rings. The van der Waals surface area contributed by atoms with Gasteiger partial charge in [0.15, 0.2) is 17.3 Å². The molecule has 0 saturated carbocycles. The van der Waals surface area contributed by atoms with Crippen molar-refractivity contribution in [1.82, 2.24) is 9.97 Å². The second-order valence-electron chi connectivity index (χ2n) is 7.75. The largest absolute Gasteiger partial charge is 0.338 e. The zero-order chi connectivity index (χ0) is 24.6. The minimum Gasteiger partial charge on any atom is -0.338 e. The summed E-state index contributed by atoms with van der Waals surface area (Å²) >= 11 is 4.50. The van der Waals surface area contributed by atoms with Gasteiger partial charge in [0.05, 0.1) is 5.69 Å². The number of hydrogen-bond donors (Lipinski definition) is 4. The summed E-state index contributed by atoms with van der Waals surface area (Å²) in [4.78, 5) is 10.2. The predicted octanol–water partition coefficient (Wildman–Crippen LogP) is 8.41. The summed E-state index contributed by atoms with van der Waals surface area (Å²) in [5.74, 6) is 1.40. The Balaban J connectivity index is 1.63. The normalized spacial score (nSPS) is 10.8. The lowest BCUT2D eigenvalue weighted by molar-refractivity contribution is 1.12. The van der Waals surface area contributed by atoms with E-state index in [2.05, 4.69) is 38.8 Å². The van der Waals surface area contributed by atoms with Crippen molar-refractivity contribution in [2.75, 3.05) is 16.0 Å². The number of aromatic nitrogens is 2. The second kappa shape index (κ2) is 11.2. The lowest BCUT2D eigenvalue weighted by Gasteiger charge is -2.15. The second-order valence-corrected chi connectivity index (χ2v) is 8.24. The van der Waals surface area contributed by atoms with Gasteiger partial charge in [0.25, 0.3) is 0 Å². The van der Waals surface area contributed by atoms with Crippen LogP contribution in [0.1, 0.15) is 0 Å². The Kier molecular flexibility index (Phi) is 7.15. The number of rotatable bonds is 8. The van der Waals surface area contributed by atoms with Gasteiger partial charge in [-0.05, 0) is 48.5 Å². The van der Waals surface area contributed by atoms with Crippen LogP contribution in [0.4, 0.5) is 46.0 Å². The van der Waals surface area contributed by atoms with Gasteiger partial charge in [-0.2, -0.15) is 9.97 Å². The van der Waals surface area contributed by atoms with E-state index < -0.39 is 0 Å². The highest BCUT2D eigenvalue weighted by Gasteiger charge is 2.16. The van der Waals surface area contributed by atoms with Gasteiger partial charge in [-0.15, -0.1) is 22.9 Å². The first-order chi connectivity index (χ1) is 17.7. The minimum absolute atomic E-state index is 0.409. The third-order valence-electron chi connectivity index (χ3n) is 5.13. The van der Waals surface area contributed by atoms with E-state index in [4.69, 9.17) is 9.97 Å². The van der Waals surface area contributed by atoms with Gasteiger partial charge in [0.1, 0.15) is 0 Å². The Labute approximate surface area is 214 Å². The Morgan fingerprint density at radius 3 is 1.44 bits per heavy atom. The molecule has 3 N–H and O–H groups in total. The predicted molar refractivity (Wildman–Crippen MR) is 149 cm³/mol. The summed E-state index contributed by atoms with van der Waals surface area (Å²) in [6.07, 6.45) is 0. The topological polar surface area (TPSA) is 86.6 Å². The molecule has 5 rings (SSSR count). The van der Waals surface area contributed by atoms with Crippen molar-refractivity contribution in [2.45, 2.75) is 4.90 Å². The van der Waals surface area contributed by atoms with Gasteiger partial charge in [0.2, 0.25) is 5.95 Å². The third-order valence-corrected chi connectivity index (χ3v) is 5.50. The third kappa shape index (κ3) is 5.86. The first-order valence-corrected chi connectivity index (χ1v) is 11.8. The van der Waals surface area contributed by atoms with Crippen molar-refractivity contribution >= 4 is 58.6 Å². The van der Waals surface area contributed by atoms with E-state index in [-0.39, 0.29) is 0 Å². The molecule has 36 heavy (non-hydrogen) atoms. The molecule has 4 aromatic carbocycles. The molecule has 0 fully saturated rings. The molecule has 0 aliphatic carbocycles. The van der Waals surface area contributed by atoms with Crippen LogP contribution in [0.3, 0.4) is 0 Å². The maximum absolute atomic E-state index is 4.75.